The Morgan fingerprint density at radius 3 is 2.21 bits per heavy atom. The van der Waals surface area contributed by atoms with Crippen molar-refractivity contribution in [1.82, 2.24) is 4.57 Å². The van der Waals surface area contributed by atoms with Crippen molar-refractivity contribution < 1.29 is 4.92 Å². The molecule has 4 aromatic rings. The van der Waals surface area contributed by atoms with Crippen molar-refractivity contribution in [3.05, 3.63) is 111 Å². The van der Waals surface area contributed by atoms with Crippen LogP contribution in [0.1, 0.15) is 5.56 Å². The normalized spacial score (nSPS) is 11.5. The fourth-order valence-corrected chi connectivity index (χ4v) is 4.07. The van der Waals surface area contributed by atoms with E-state index in [4.69, 9.17) is 4.99 Å². The summed E-state index contributed by atoms with van der Waals surface area (Å²) in [5.74, 6) is 0. The smallest absolute Gasteiger partial charge is 0.269 e. The molecule has 0 amide bonds. The van der Waals surface area contributed by atoms with Gasteiger partial charge in [-0.05, 0) is 41.8 Å². The van der Waals surface area contributed by atoms with Crippen LogP contribution >= 0.6 is 11.3 Å². The van der Waals surface area contributed by atoms with Gasteiger partial charge < -0.3 is 4.57 Å². The van der Waals surface area contributed by atoms with Crippen LogP contribution in [0.2, 0.25) is 0 Å². The highest BCUT2D eigenvalue weighted by atomic mass is 32.1. The van der Waals surface area contributed by atoms with Crippen LogP contribution in [-0.4, -0.2) is 9.49 Å². The van der Waals surface area contributed by atoms with Crippen LogP contribution < -0.4 is 4.80 Å². The van der Waals surface area contributed by atoms with Crippen molar-refractivity contribution in [3.8, 4) is 11.3 Å². The van der Waals surface area contributed by atoms with Crippen molar-refractivity contribution in [2.75, 3.05) is 0 Å². The van der Waals surface area contributed by atoms with Gasteiger partial charge in [0.25, 0.3) is 5.69 Å². The van der Waals surface area contributed by atoms with Gasteiger partial charge in [-0.25, -0.2) is 4.99 Å². The van der Waals surface area contributed by atoms with Crippen LogP contribution in [-0.2, 0) is 13.0 Å². The molecule has 0 saturated heterocycles. The van der Waals surface area contributed by atoms with Crippen molar-refractivity contribution >= 4 is 22.7 Å². The molecule has 0 radical (unpaired) electrons. The molecule has 4 rings (SSSR count). The number of nitrogens with zero attached hydrogens (tertiary/aromatic N) is 3. The van der Waals surface area contributed by atoms with Gasteiger partial charge in [-0.3, -0.25) is 10.1 Å². The first-order valence-corrected chi connectivity index (χ1v) is 10.2. The second-order valence-electron chi connectivity index (χ2n) is 6.54. The van der Waals surface area contributed by atoms with Crippen LogP contribution in [0.4, 0.5) is 11.4 Å². The number of hydrogen-bond donors (Lipinski definition) is 0. The first kappa shape index (κ1) is 18.8. The first-order valence-electron chi connectivity index (χ1n) is 9.27. The molecule has 6 heteroatoms. The summed E-state index contributed by atoms with van der Waals surface area (Å²) in [6, 6.07) is 26.9. The third-order valence-electron chi connectivity index (χ3n) is 4.62. The molecule has 0 fully saturated rings. The molecule has 1 aromatic heterocycles. The van der Waals surface area contributed by atoms with E-state index in [-0.39, 0.29) is 10.6 Å². The van der Waals surface area contributed by atoms with Gasteiger partial charge >= 0.3 is 0 Å². The highest BCUT2D eigenvalue weighted by Gasteiger charge is 2.11. The fraction of sp³-hybridized carbons (Fsp3) is 0.0870. The molecule has 5 nitrogen and oxygen atoms in total. The molecule has 0 spiro atoms. The molecule has 144 valence electrons. The Labute approximate surface area is 172 Å². The highest BCUT2D eigenvalue weighted by Crippen LogP contribution is 2.24. The van der Waals surface area contributed by atoms with Crippen LogP contribution in [0.5, 0.6) is 0 Å². The Morgan fingerprint density at radius 1 is 0.897 bits per heavy atom. The standard InChI is InChI=1S/C23H19N3O2S/c27-26(28)21-13-11-19(12-14-21)22-17-29-23(24-20-9-5-2-6-10-20)25(22)16-15-18-7-3-1-4-8-18/h1-14,17H,15-16H2. The van der Waals surface area contributed by atoms with Gasteiger partial charge in [0.1, 0.15) is 0 Å². The molecule has 0 saturated carbocycles. The third kappa shape index (κ3) is 4.50. The summed E-state index contributed by atoms with van der Waals surface area (Å²) in [7, 11) is 0. The Kier molecular flexibility index (Phi) is 5.63. The maximum Gasteiger partial charge on any atom is 0.269 e. The van der Waals surface area contributed by atoms with E-state index in [1.807, 2.05) is 48.5 Å². The minimum Gasteiger partial charge on any atom is -0.316 e. The zero-order valence-electron chi connectivity index (χ0n) is 15.6. The number of non-ortho nitro benzene ring substituents is 1. The van der Waals surface area contributed by atoms with E-state index in [1.54, 1.807) is 35.6 Å². The molecule has 0 aliphatic heterocycles. The van der Waals surface area contributed by atoms with Gasteiger partial charge in [0.05, 0.1) is 16.3 Å². The number of aromatic nitrogens is 1. The average molecular weight is 401 g/mol. The topological polar surface area (TPSA) is 60.4 Å². The monoisotopic (exact) mass is 401 g/mol. The van der Waals surface area contributed by atoms with E-state index in [0.717, 1.165) is 34.7 Å². The lowest BCUT2D eigenvalue weighted by atomic mass is 10.1. The van der Waals surface area contributed by atoms with Crippen LogP contribution in [0.15, 0.2) is 95.3 Å². The summed E-state index contributed by atoms with van der Waals surface area (Å²) in [6.07, 6.45) is 0.875. The number of benzene rings is 3. The highest BCUT2D eigenvalue weighted by molar-refractivity contribution is 7.07. The average Bonchev–Trinajstić information content (AvgIpc) is 3.16. The van der Waals surface area contributed by atoms with Gasteiger partial charge in [-0.2, -0.15) is 0 Å². The molecule has 0 bridgehead atoms. The molecule has 1 heterocycles. The van der Waals surface area contributed by atoms with E-state index in [1.165, 1.54) is 5.56 Å². The molecular weight excluding hydrogens is 382 g/mol. The van der Waals surface area contributed by atoms with E-state index in [0.29, 0.717) is 0 Å². The molecule has 0 atom stereocenters. The minimum atomic E-state index is -0.378. The summed E-state index contributed by atoms with van der Waals surface area (Å²) in [5, 5.41) is 13.0. The SMILES string of the molecule is O=[N+]([O-])c1ccc(-c2csc(=Nc3ccccc3)n2CCc2ccccc2)cc1. The zero-order valence-corrected chi connectivity index (χ0v) is 16.5. The van der Waals surface area contributed by atoms with E-state index >= 15 is 0 Å². The van der Waals surface area contributed by atoms with Crippen molar-refractivity contribution in [1.29, 1.82) is 0 Å². The third-order valence-corrected chi connectivity index (χ3v) is 5.48. The van der Waals surface area contributed by atoms with E-state index in [2.05, 4.69) is 22.1 Å². The zero-order chi connectivity index (χ0) is 20.1. The molecular formula is C23H19N3O2S. The van der Waals surface area contributed by atoms with Gasteiger partial charge in [-0.15, -0.1) is 11.3 Å². The Morgan fingerprint density at radius 2 is 1.55 bits per heavy atom. The number of nitro benzene ring substituents is 1. The van der Waals surface area contributed by atoms with Gasteiger partial charge in [0.15, 0.2) is 4.80 Å². The largest absolute Gasteiger partial charge is 0.316 e. The van der Waals surface area contributed by atoms with Crippen LogP contribution in [0, 0.1) is 10.1 Å². The number of aryl methyl sites for hydroxylation is 1. The summed E-state index contributed by atoms with van der Waals surface area (Å²) in [6.45, 7) is 0.769. The number of hydrogen-bond acceptors (Lipinski definition) is 4. The molecule has 3 aromatic carbocycles. The quantitative estimate of drug-likeness (QED) is 0.312. The lowest BCUT2D eigenvalue weighted by Gasteiger charge is -2.09. The Bertz CT molecular complexity index is 1160. The van der Waals surface area contributed by atoms with Crippen molar-refractivity contribution in [2.24, 2.45) is 4.99 Å². The van der Waals surface area contributed by atoms with Gasteiger partial charge in [0, 0.05) is 24.1 Å². The predicted octanol–water partition coefficient (Wildman–Crippen LogP) is 5.60. The molecule has 0 aliphatic rings. The molecule has 0 N–H and O–H groups in total. The van der Waals surface area contributed by atoms with Crippen LogP contribution in [0.25, 0.3) is 11.3 Å². The van der Waals surface area contributed by atoms with Crippen LogP contribution in [0.3, 0.4) is 0 Å². The van der Waals surface area contributed by atoms with Gasteiger partial charge in [0.2, 0.25) is 0 Å². The fourth-order valence-electron chi connectivity index (χ4n) is 3.12. The second-order valence-corrected chi connectivity index (χ2v) is 7.38. The van der Waals surface area contributed by atoms with Crippen molar-refractivity contribution in [2.45, 2.75) is 13.0 Å². The Balaban J connectivity index is 1.74. The number of thiazole rings is 1. The first-order chi connectivity index (χ1) is 14.2. The maximum absolute atomic E-state index is 11.0. The minimum absolute atomic E-state index is 0.0917. The van der Waals surface area contributed by atoms with E-state index in [9.17, 15) is 10.1 Å². The lowest BCUT2D eigenvalue weighted by molar-refractivity contribution is -0.384. The molecule has 0 unspecified atom stereocenters. The summed E-state index contributed by atoms with van der Waals surface area (Å²) >= 11 is 1.57. The van der Waals surface area contributed by atoms with E-state index < -0.39 is 0 Å². The number of rotatable bonds is 6. The number of nitro groups is 1. The second kappa shape index (κ2) is 8.67. The predicted molar refractivity (Wildman–Crippen MR) is 116 cm³/mol. The summed E-state index contributed by atoms with van der Waals surface area (Å²) in [5.41, 5.74) is 4.20. The number of para-hydroxylation sites is 1. The van der Waals surface area contributed by atoms with Crippen molar-refractivity contribution in [3.63, 3.8) is 0 Å². The molecule has 29 heavy (non-hydrogen) atoms. The molecule has 0 aliphatic carbocycles. The summed E-state index contributed by atoms with van der Waals surface area (Å²) in [4.78, 5) is 16.3. The maximum atomic E-state index is 11.0. The van der Waals surface area contributed by atoms with Gasteiger partial charge in [-0.1, -0.05) is 48.5 Å². The summed E-state index contributed by atoms with van der Waals surface area (Å²) < 4.78 is 2.19. The Hall–Kier alpha value is -3.51. The lowest BCUT2D eigenvalue weighted by Crippen LogP contribution is -2.17.